The number of hydrogen-bond acceptors (Lipinski definition) is 4. The third kappa shape index (κ3) is 4.05. The minimum absolute atomic E-state index is 0.0281. The SMILES string of the molecule is CCOCc1c(C(=O)N2CC[NH+](Cc3ccc4c(c3)CCO4)CC2)oc2ccccc12. The molecule has 0 saturated carbocycles. The van der Waals surface area contributed by atoms with E-state index in [4.69, 9.17) is 13.9 Å². The first kappa shape index (κ1) is 20.1. The van der Waals surface area contributed by atoms with Crippen LogP contribution in [0.4, 0.5) is 0 Å². The summed E-state index contributed by atoms with van der Waals surface area (Å²) in [5.74, 6) is 1.43. The lowest BCUT2D eigenvalue weighted by Gasteiger charge is -2.32. The fourth-order valence-corrected chi connectivity index (χ4v) is 4.60. The number of ether oxygens (including phenoxy) is 2. The van der Waals surface area contributed by atoms with Gasteiger partial charge >= 0.3 is 0 Å². The van der Waals surface area contributed by atoms with Crippen molar-refractivity contribution in [1.29, 1.82) is 0 Å². The summed E-state index contributed by atoms with van der Waals surface area (Å²) < 4.78 is 17.2. The molecule has 0 bridgehead atoms. The van der Waals surface area contributed by atoms with Crippen LogP contribution in [0.5, 0.6) is 5.75 Å². The van der Waals surface area contributed by atoms with Crippen molar-refractivity contribution in [3.63, 3.8) is 0 Å². The van der Waals surface area contributed by atoms with Gasteiger partial charge in [-0.25, -0.2) is 0 Å². The molecule has 0 aliphatic carbocycles. The Morgan fingerprint density at radius 3 is 2.84 bits per heavy atom. The second-order valence-corrected chi connectivity index (χ2v) is 8.30. The zero-order valence-corrected chi connectivity index (χ0v) is 18.0. The normalized spacial score (nSPS) is 16.5. The van der Waals surface area contributed by atoms with E-state index in [0.29, 0.717) is 19.0 Å². The molecule has 3 heterocycles. The van der Waals surface area contributed by atoms with Gasteiger partial charge in [0.2, 0.25) is 0 Å². The van der Waals surface area contributed by atoms with Gasteiger partial charge in [0.15, 0.2) is 5.76 Å². The zero-order valence-electron chi connectivity index (χ0n) is 18.0. The Hall–Kier alpha value is -2.83. The number of quaternary nitrogens is 1. The highest BCUT2D eigenvalue weighted by Crippen LogP contribution is 2.28. The Morgan fingerprint density at radius 1 is 1.16 bits per heavy atom. The van der Waals surface area contributed by atoms with E-state index >= 15 is 0 Å². The van der Waals surface area contributed by atoms with Gasteiger partial charge in [-0.2, -0.15) is 0 Å². The molecule has 1 fully saturated rings. The molecule has 6 nitrogen and oxygen atoms in total. The van der Waals surface area contributed by atoms with Crippen LogP contribution < -0.4 is 9.64 Å². The van der Waals surface area contributed by atoms with Crippen LogP contribution in [0.25, 0.3) is 11.0 Å². The average Bonchev–Trinajstić information content (AvgIpc) is 3.42. The van der Waals surface area contributed by atoms with E-state index in [0.717, 1.165) is 68.0 Å². The van der Waals surface area contributed by atoms with Crippen molar-refractivity contribution < 1.29 is 23.6 Å². The lowest BCUT2D eigenvalue weighted by molar-refractivity contribution is -0.917. The standard InChI is InChI=1S/C25H28N2O4/c1-2-29-17-21-20-5-3-4-6-23(20)31-24(21)25(28)27-12-10-26(11-13-27)16-18-7-8-22-19(15-18)9-14-30-22/h3-8,15H,2,9-14,16-17H2,1H3/p+1. The van der Waals surface area contributed by atoms with Crippen molar-refractivity contribution in [2.24, 2.45) is 0 Å². The molecular weight excluding hydrogens is 392 g/mol. The molecule has 2 aliphatic rings. The highest BCUT2D eigenvalue weighted by Gasteiger charge is 2.29. The van der Waals surface area contributed by atoms with Crippen LogP contribution in [-0.4, -0.2) is 50.2 Å². The zero-order chi connectivity index (χ0) is 21.2. The molecule has 0 spiro atoms. The molecule has 2 aromatic carbocycles. The van der Waals surface area contributed by atoms with Crippen LogP contribution >= 0.6 is 0 Å². The third-order valence-corrected chi connectivity index (χ3v) is 6.31. The number of furan rings is 1. The summed E-state index contributed by atoms with van der Waals surface area (Å²) in [6.45, 7) is 8.04. The van der Waals surface area contributed by atoms with Gasteiger partial charge in [0.1, 0.15) is 17.9 Å². The molecule has 1 saturated heterocycles. The number of nitrogens with one attached hydrogen (secondary N) is 1. The van der Waals surface area contributed by atoms with Gasteiger partial charge in [-0.3, -0.25) is 4.79 Å². The Balaban J connectivity index is 1.26. The minimum Gasteiger partial charge on any atom is -0.493 e. The van der Waals surface area contributed by atoms with E-state index in [2.05, 4.69) is 18.2 Å². The maximum Gasteiger partial charge on any atom is 0.290 e. The monoisotopic (exact) mass is 421 g/mol. The van der Waals surface area contributed by atoms with E-state index in [9.17, 15) is 4.79 Å². The van der Waals surface area contributed by atoms with E-state index in [1.807, 2.05) is 36.1 Å². The molecule has 5 rings (SSSR count). The van der Waals surface area contributed by atoms with Gasteiger partial charge in [-0.15, -0.1) is 0 Å². The van der Waals surface area contributed by atoms with Crippen molar-refractivity contribution >= 4 is 16.9 Å². The number of nitrogens with zero attached hydrogens (tertiary/aromatic N) is 1. The predicted octanol–water partition coefficient (Wildman–Crippen LogP) is 2.45. The maximum absolute atomic E-state index is 13.3. The molecule has 3 aromatic rings. The van der Waals surface area contributed by atoms with E-state index in [1.54, 1.807) is 0 Å². The number of benzene rings is 2. The van der Waals surface area contributed by atoms with Crippen LogP contribution in [0.1, 0.15) is 34.2 Å². The summed E-state index contributed by atoms with van der Waals surface area (Å²) in [7, 11) is 0. The number of fused-ring (bicyclic) bond motifs is 2. The first-order chi connectivity index (χ1) is 15.2. The second kappa shape index (κ2) is 8.73. The Kier molecular flexibility index (Phi) is 5.66. The molecule has 1 aromatic heterocycles. The molecule has 31 heavy (non-hydrogen) atoms. The number of rotatable bonds is 6. The topological polar surface area (TPSA) is 56.3 Å². The quantitative estimate of drug-likeness (QED) is 0.664. The van der Waals surface area contributed by atoms with Crippen molar-refractivity contribution in [3.05, 3.63) is 64.9 Å². The second-order valence-electron chi connectivity index (χ2n) is 8.30. The van der Waals surface area contributed by atoms with Gasteiger partial charge in [0.05, 0.1) is 39.4 Å². The van der Waals surface area contributed by atoms with Crippen LogP contribution in [0.2, 0.25) is 0 Å². The van der Waals surface area contributed by atoms with Gasteiger partial charge in [0.25, 0.3) is 5.91 Å². The highest BCUT2D eigenvalue weighted by atomic mass is 16.5. The Labute approximate surface area is 182 Å². The lowest BCUT2D eigenvalue weighted by atomic mass is 10.1. The maximum atomic E-state index is 13.3. The van der Waals surface area contributed by atoms with Gasteiger partial charge in [-0.05, 0) is 36.8 Å². The van der Waals surface area contributed by atoms with Crippen LogP contribution in [-0.2, 0) is 24.3 Å². The van der Waals surface area contributed by atoms with Crippen molar-refractivity contribution in [1.82, 2.24) is 4.90 Å². The number of amides is 1. The van der Waals surface area contributed by atoms with Gasteiger partial charge < -0.3 is 23.7 Å². The number of para-hydroxylation sites is 1. The first-order valence-corrected chi connectivity index (χ1v) is 11.2. The Morgan fingerprint density at radius 2 is 2.00 bits per heavy atom. The Bertz CT molecular complexity index is 1080. The average molecular weight is 422 g/mol. The number of hydrogen-bond donors (Lipinski definition) is 1. The highest BCUT2D eigenvalue weighted by molar-refractivity contribution is 5.99. The summed E-state index contributed by atoms with van der Waals surface area (Å²) in [6.07, 6.45) is 1.00. The largest absolute Gasteiger partial charge is 0.493 e. The van der Waals surface area contributed by atoms with E-state index in [1.165, 1.54) is 16.0 Å². The first-order valence-electron chi connectivity index (χ1n) is 11.2. The number of carbonyl (C=O) groups excluding carboxylic acids is 1. The minimum atomic E-state index is -0.0281. The van der Waals surface area contributed by atoms with E-state index < -0.39 is 0 Å². The number of carbonyl (C=O) groups is 1. The lowest BCUT2D eigenvalue weighted by Crippen LogP contribution is -3.13. The molecule has 0 unspecified atom stereocenters. The smallest absolute Gasteiger partial charge is 0.290 e. The predicted molar refractivity (Wildman–Crippen MR) is 117 cm³/mol. The van der Waals surface area contributed by atoms with Crippen molar-refractivity contribution in [2.45, 2.75) is 26.5 Å². The fourth-order valence-electron chi connectivity index (χ4n) is 4.60. The van der Waals surface area contributed by atoms with Crippen LogP contribution in [0.3, 0.4) is 0 Å². The fraction of sp³-hybridized carbons (Fsp3) is 0.400. The van der Waals surface area contributed by atoms with Crippen molar-refractivity contribution in [3.8, 4) is 5.75 Å². The summed E-state index contributed by atoms with van der Waals surface area (Å²) in [6, 6.07) is 14.3. The molecule has 0 atom stereocenters. The molecule has 1 N–H and O–H groups in total. The summed E-state index contributed by atoms with van der Waals surface area (Å²) >= 11 is 0. The van der Waals surface area contributed by atoms with Gasteiger partial charge in [-0.1, -0.05) is 18.2 Å². The molecule has 6 heteroatoms. The van der Waals surface area contributed by atoms with Crippen LogP contribution in [0, 0.1) is 0 Å². The van der Waals surface area contributed by atoms with Crippen molar-refractivity contribution in [2.75, 3.05) is 39.4 Å². The molecule has 0 radical (unpaired) electrons. The molecule has 162 valence electrons. The number of piperazine rings is 1. The summed E-state index contributed by atoms with van der Waals surface area (Å²) in [5.41, 5.74) is 4.26. The van der Waals surface area contributed by atoms with Crippen LogP contribution in [0.15, 0.2) is 46.9 Å². The van der Waals surface area contributed by atoms with Gasteiger partial charge in [0, 0.05) is 29.5 Å². The molecule has 2 aliphatic heterocycles. The molecular formula is C25H29N2O4+. The molecule has 1 amide bonds. The summed E-state index contributed by atoms with van der Waals surface area (Å²) in [5, 5.41) is 0.962. The van der Waals surface area contributed by atoms with E-state index in [-0.39, 0.29) is 5.91 Å². The third-order valence-electron chi connectivity index (χ3n) is 6.31. The summed E-state index contributed by atoms with van der Waals surface area (Å²) in [4.78, 5) is 16.7.